The summed E-state index contributed by atoms with van der Waals surface area (Å²) in [4.78, 5) is 44.4. The van der Waals surface area contributed by atoms with Gasteiger partial charge in [-0.2, -0.15) is 0 Å². The number of hydrogen-bond acceptors (Lipinski definition) is 7. The van der Waals surface area contributed by atoms with Crippen molar-refractivity contribution in [3.05, 3.63) is 35.0 Å². The molecule has 4 amide bonds. The van der Waals surface area contributed by atoms with Crippen LogP contribution in [-0.4, -0.2) is 98.9 Å². The minimum Gasteiger partial charge on any atom is -0.493 e. The molecule has 3 rings (SSSR count). The molecule has 1 saturated heterocycles. The van der Waals surface area contributed by atoms with Crippen LogP contribution < -0.4 is 20.1 Å². The maximum Gasteiger partial charge on any atom is 0.338 e. The Bertz CT molecular complexity index is 1040. The van der Waals surface area contributed by atoms with E-state index < -0.39 is 12.0 Å². The number of hydrogen-bond donors (Lipinski definition) is 2. The van der Waals surface area contributed by atoms with E-state index >= 15 is 0 Å². The lowest BCUT2D eigenvalue weighted by Crippen LogP contribution is -2.58. The predicted octanol–water partition coefficient (Wildman–Crippen LogP) is 2.34. The van der Waals surface area contributed by atoms with E-state index in [1.165, 1.54) is 19.1 Å². The molecule has 37 heavy (non-hydrogen) atoms. The van der Waals surface area contributed by atoms with Crippen molar-refractivity contribution < 1.29 is 28.6 Å². The first-order chi connectivity index (χ1) is 17.6. The van der Waals surface area contributed by atoms with Gasteiger partial charge in [0.15, 0.2) is 11.5 Å². The highest BCUT2D eigenvalue weighted by Gasteiger charge is 2.40. The van der Waals surface area contributed by atoms with E-state index in [1.54, 1.807) is 32.2 Å². The summed E-state index contributed by atoms with van der Waals surface area (Å²) in [6.45, 7) is 9.85. The number of piperazine rings is 1. The fourth-order valence-electron chi connectivity index (χ4n) is 4.79. The number of ether oxygens (including phenoxy) is 3. The van der Waals surface area contributed by atoms with E-state index in [9.17, 15) is 14.4 Å². The Labute approximate surface area is 218 Å². The first kappa shape index (κ1) is 28.1. The van der Waals surface area contributed by atoms with Crippen molar-refractivity contribution in [1.82, 2.24) is 25.3 Å². The third kappa shape index (κ3) is 6.10. The van der Waals surface area contributed by atoms with Crippen molar-refractivity contribution in [2.75, 3.05) is 54.1 Å². The highest BCUT2D eigenvalue weighted by atomic mass is 16.5. The van der Waals surface area contributed by atoms with Gasteiger partial charge in [-0.25, -0.2) is 14.4 Å². The Morgan fingerprint density at radius 3 is 2.51 bits per heavy atom. The lowest BCUT2D eigenvalue weighted by molar-refractivity contribution is -0.139. The average molecular weight is 518 g/mol. The van der Waals surface area contributed by atoms with Gasteiger partial charge < -0.3 is 29.7 Å². The summed E-state index contributed by atoms with van der Waals surface area (Å²) in [5.41, 5.74) is 1.47. The van der Waals surface area contributed by atoms with Crippen LogP contribution in [0.4, 0.5) is 9.59 Å². The van der Waals surface area contributed by atoms with Crippen LogP contribution in [-0.2, 0) is 9.53 Å². The van der Waals surface area contributed by atoms with E-state index in [4.69, 9.17) is 14.2 Å². The number of likely N-dealkylation sites (N-methyl/N-ethyl adjacent to an activating group) is 1. The van der Waals surface area contributed by atoms with Crippen LogP contribution in [0.2, 0.25) is 0 Å². The smallest absolute Gasteiger partial charge is 0.338 e. The molecule has 1 aromatic rings. The largest absolute Gasteiger partial charge is 0.493 e. The third-order valence-corrected chi connectivity index (χ3v) is 6.57. The number of benzene rings is 1. The van der Waals surface area contributed by atoms with Crippen LogP contribution >= 0.6 is 0 Å². The molecule has 2 heterocycles. The maximum atomic E-state index is 13.3. The van der Waals surface area contributed by atoms with Gasteiger partial charge in [0.25, 0.3) is 0 Å². The van der Waals surface area contributed by atoms with Gasteiger partial charge in [-0.1, -0.05) is 12.1 Å². The van der Waals surface area contributed by atoms with Crippen molar-refractivity contribution in [3.63, 3.8) is 0 Å². The molecule has 2 atom stereocenters. The zero-order chi connectivity index (χ0) is 27.3. The van der Waals surface area contributed by atoms with Crippen LogP contribution in [0, 0.1) is 0 Å². The second-order valence-corrected chi connectivity index (χ2v) is 9.49. The normalized spacial score (nSPS) is 20.6. The topological polar surface area (TPSA) is 113 Å². The number of urea groups is 2. The number of carbonyl (C=O) groups excluding carboxylic acids is 3. The summed E-state index contributed by atoms with van der Waals surface area (Å²) < 4.78 is 16.5. The van der Waals surface area contributed by atoms with Crippen molar-refractivity contribution >= 4 is 18.0 Å². The van der Waals surface area contributed by atoms with E-state index in [2.05, 4.69) is 15.5 Å². The fraction of sp³-hybridized carbons (Fsp3) is 0.577. The summed E-state index contributed by atoms with van der Waals surface area (Å²) in [7, 11) is 4.69. The number of rotatable bonds is 8. The Balaban J connectivity index is 1.99. The predicted molar refractivity (Wildman–Crippen MR) is 139 cm³/mol. The van der Waals surface area contributed by atoms with Gasteiger partial charge in [0, 0.05) is 56.6 Å². The number of amides is 4. The number of nitrogens with zero attached hydrogens (tertiary/aromatic N) is 3. The number of para-hydroxylation sites is 1. The molecule has 0 bridgehead atoms. The minimum atomic E-state index is -0.793. The number of carbonyl (C=O) groups is 3. The molecule has 0 aliphatic carbocycles. The Morgan fingerprint density at radius 1 is 1.19 bits per heavy atom. The third-order valence-electron chi connectivity index (χ3n) is 6.57. The van der Waals surface area contributed by atoms with Gasteiger partial charge in [-0.3, -0.25) is 9.80 Å². The lowest BCUT2D eigenvalue weighted by atomic mass is 9.93. The molecule has 1 fully saturated rings. The first-order valence-electron chi connectivity index (χ1n) is 12.6. The molecule has 11 heteroatoms. The summed E-state index contributed by atoms with van der Waals surface area (Å²) in [6, 6.07) is 4.11. The molecule has 2 aliphatic rings. The van der Waals surface area contributed by atoms with Gasteiger partial charge >= 0.3 is 18.0 Å². The molecule has 0 aromatic heterocycles. The van der Waals surface area contributed by atoms with Crippen LogP contribution in [0.5, 0.6) is 11.5 Å². The standard InChI is InChI=1S/C26H39N5O6/c1-8-37-24(32)21-19(15-30-12-13-31(17(4)14-30)26(34)27-16(2)3)29(5)25(33)28-22(21)18-10-9-11-20(35-6)23(18)36-7/h9-11,16-17,22H,8,12-15H2,1-7H3,(H,27,34)(H,28,33)/t17-,22+/m0/s1. The fourth-order valence-corrected chi connectivity index (χ4v) is 4.79. The van der Waals surface area contributed by atoms with Gasteiger partial charge in [0.2, 0.25) is 0 Å². The average Bonchev–Trinajstić information content (AvgIpc) is 2.85. The molecule has 0 saturated carbocycles. The second-order valence-electron chi connectivity index (χ2n) is 9.49. The van der Waals surface area contributed by atoms with Gasteiger partial charge in [0.1, 0.15) is 0 Å². The van der Waals surface area contributed by atoms with Crippen molar-refractivity contribution in [3.8, 4) is 11.5 Å². The minimum absolute atomic E-state index is 0.0452. The quantitative estimate of drug-likeness (QED) is 0.509. The highest BCUT2D eigenvalue weighted by Crippen LogP contribution is 2.40. The Hall–Kier alpha value is -3.47. The zero-order valence-corrected chi connectivity index (χ0v) is 22.8. The monoisotopic (exact) mass is 517 g/mol. The van der Waals surface area contributed by atoms with Crippen molar-refractivity contribution in [2.24, 2.45) is 0 Å². The number of esters is 1. The molecule has 204 valence electrons. The lowest BCUT2D eigenvalue weighted by Gasteiger charge is -2.42. The van der Waals surface area contributed by atoms with Gasteiger partial charge in [-0.05, 0) is 33.8 Å². The summed E-state index contributed by atoms with van der Waals surface area (Å²) in [5, 5.41) is 5.87. The summed E-state index contributed by atoms with van der Waals surface area (Å²) in [6.07, 6.45) is 0. The van der Waals surface area contributed by atoms with E-state index in [0.29, 0.717) is 54.5 Å². The number of methoxy groups -OCH3 is 2. The van der Waals surface area contributed by atoms with Crippen molar-refractivity contribution in [2.45, 2.75) is 45.8 Å². The molecular formula is C26H39N5O6. The van der Waals surface area contributed by atoms with Crippen LogP contribution in [0.1, 0.15) is 39.3 Å². The number of nitrogens with one attached hydrogen (secondary N) is 2. The second kappa shape index (κ2) is 12.2. The molecule has 11 nitrogen and oxygen atoms in total. The van der Waals surface area contributed by atoms with Crippen LogP contribution in [0.3, 0.4) is 0 Å². The van der Waals surface area contributed by atoms with Crippen LogP contribution in [0.15, 0.2) is 29.5 Å². The Morgan fingerprint density at radius 2 is 1.92 bits per heavy atom. The molecule has 2 aliphatic heterocycles. The summed E-state index contributed by atoms with van der Waals surface area (Å²) >= 11 is 0. The van der Waals surface area contributed by atoms with Gasteiger partial charge in [0.05, 0.1) is 32.4 Å². The zero-order valence-electron chi connectivity index (χ0n) is 22.8. The first-order valence-corrected chi connectivity index (χ1v) is 12.6. The molecule has 0 unspecified atom stereocenters. The highest BCUT2D eigenvalue weighted by molar-refractivity contribution is 5.95. The SMILES string of the molecule is CCOC(=O)C1=C(CN2CCN(C(=O)NC(C)C)[C@@H](C)C2)N(C)C(=O)N[C@@H]1c1cccc(OC)c1OC. The van der Waals surface area contributed by atoms with Crippen LogP contribution in [0.25, 0.3) is 0 Å². The van der Waals surface area contributed by atoms with E-state index in [0.717, 1.165) is 0 Å². The summed E-state index contributed by atoms with van der Waals surface area (Å²) in [5.74, 6) is 0.407. The molecule has 2 N–H and O–H groups in total. The van der Waals surface area contributed by atoms with E-state index in [-0.39, 0.29) is 30.8 Å². The molecule has 0 spiro atoms. The van der Waals surface area contributed by atoms with Gasteiger partial charge in [-0.15, -0.1) is 0 Å². The maximum absolute atomic E-state index is 13.3. The molecular weight excluding hydrogens is 478 g/mol. The Kier molecular flexibility index (Phi) is 9.25. The van der Waals surface area contributed by atoms with Crippen molar-refractivity contribution in [1.29, 1.82) is 0 Å². The van der Waals surface area contributed by atoms with E-state index in [1.807, 2.05) is 25.7 Å². The molecule has 0 radical (unpaired) electrons. The molecule has 1 aromatic carbocycles.